The Morgan fingerprint density at radius 2 is 2.19 bits per heavy atom. The van der Waals surface area contributed by atoms with Crippen LogP contribution in [0.1, 0.15) is 18.4 Å². The Labute approximate surface area is 101 Å². The van der Waals surface area contributed by atoms with Crippen molar-refractivity contribution in [3.05, 3.63) is 28.0 Å². The Hall–Kier alpha value is -1.12. The number of ether oxygens (including phenoxy) is 1. The minimum Gasteiger partial charge on any atom is -0.487 e. The molecule has 0 saturated heterocycles. The van der Waals surface area contributed by atoms with E-state index in [4.69, 9.17) is 15.7 Å². The maximum absolute atomic E-state index is 13.7. The Bertz CT molecular complexity index is 452. The van der Waals surface area contributed by atoms with Crippen LogP contribution in [0.25, 0.3) is 0 Å². The summed E-state index contributed by atoms with van der Waals surface area (Å²) in [5.41, 5.74) is 5.87. The lowest BCUT2D eigenvalue weighted by Crippen LogP contribution is -2.43. The second-order valence-corrected chi connectivity index (χ2v) is 4.62. The molecule has 0 amide bonds. The van der Waals surface area contributed by atoms with Gasteiger partial charge >= 0.3 is 0 Å². The monoisotopic (exact) mass is 284 g/mol. The molecule has 0 bridgehead atoms. The maximum atomic E-state index is 13.7. The van der Waals surface area contributed by atoms with Gasteiger partial charge in [-0.15, -0.1) is 0 Å². The van der Waals surface area contributed by atoms with Crippen LogP contribution in [0.2, 0.25) is 0 Å². The summed E-state index contributed by atoms with van der Waals surface area (Å²) in [5.74, 6) is -0.359. The Morgan fingerprint density at radius 3 is 2.75 bits per heavy atom. The third-order valence-electron chi connectivity index (χ3n) is 2.59. The van der Waals surface area contributed by atoms with Gasteiger partial charge in [0.15, 0.2) is 11.6 Å². The van der Waals surface area contributed by atoms with Crippen molar-refractivity contribution in [2.45, 2.75) is 25.0 Å². The van der Waals surface area contributed by atoms with Gasteiger partial charge in [-0.05, 0) is 40.9 Å². The summed E-state index contributed by atoms with van der Waals surface area (Å²) < 4.78 is 19.3. The molecule has 0 radical (unpaired) electrons. The van der Waals surface area contributed by atoms with Crippen molar-refractivity contribution in [2.24, 2.45) is 5.73 Å². The quantitative estimate of drug-likeness (QED) is 0.907. The second-order valence-electron chi connectivity index (χ2n) is 3.82. The molecule has 0 aromatic heterocycles. The molecule has 0 heterocycles. The van der Waals surface area contributed by atoms with Gasteiger partial charge < -0.3 is 10.5 Å². The number of rotatable bonds is 2. The molecule has 16 heavy (non-hydrogen) atoms. The van der Waals surface area contributed by atoms with Gasteiger partial charge in [-0.3, -0.25) is 0 Å². The van der Waals surface area contributed by atoms with E-state index in [0.717, 1.165) is 12.8 Å². The number of benzene rings is 1. The lowest BCUT2D eigenvalue weighted by Gasteiger charge is -2.32. The molecule has 0 aliphatic heterocycles. The predicted molar refractivity (Wildman–Crippen MR) is 60.4 cm³/mol. The molecular weight excluding hydrogens is 275 g/mol. The van der Waals surface area contributed by atoms with Crippen molar-refractivity contribution in [1.29, 1.82) is 5.26 Å². The van der Waals surface area contributed by atoms with E-state index in [2.05, 4.69) is 15.9 Å². The van der Waals surface area contributed by atoms with E-state index in [1.807, 2.05) is 6.07 Å². The molecule has 0 unspecified atom stereocenters. The van der Waals surface area contributed by atoms with E-state index in [0.29, 0.717) is 0 Å². The molecule has 0 spiro atoms. The molecule has 84 valence electrons. The molecule has 1 aromatic rings. The first-order chi connectivity index (χ1) is 7.61. The minimum absolute atomic E-state index is 0.00987. The molecule has 1 fully saturated rings. The SMILES string of the molecule is N#Cc1ccc(OC2CC(N)C2)c(F)c1Br. The molecule has 1 saturated carbocycles. The molecule has 5 heteroatoms. The van der Waals surface area contributed by atoms with Gasteiger partial charge in [-0.25, -0.2) is 4.39 Å². The Balaban J connectivity index is 2.17. The highest BCUT2D eigenvalue weighted by Gasteiger charge is 2.28. The van der Waals surface area contributed by atoms with E-state index in [-0.39, 0.29) is 27.9 Å². The van der Waals surface area contributed by atoms with E-state index in [1.54, 1.807) is 0 Å². The molecule has 3 nitrogen and oxygen atoms in total. The summed E-state index contributed by atoms with van der Waals surface area (Å²) in [5, 5.41) is 8.70. The highest BCUT2D eigenvalue weighted by atomic mass is 79.9. The maximum Gasteiger partial charge on any atom is 0.180 e. The van der Waals surface area contributed by atoms with Crippen LogP contribution < -0.4 is 10.5 Å². The van der Waals surface area contributed by atoms with Crippen molar-refractivity contribution < 1.29 is 9.13 Å². The van der Waals surface area contributed by atoms with Crippen LogP contribution in [0, 0.1) is 17.1 Å². The summed E-state index contributed by atoms with van der Waals surface area (Å²) in [6, 6.07) is 5.05. The van der Waals surface area contributed by atoms with E-state index >= 15 is 0 Å². The first-order valence-corrected chi connectivity index (χ1v) is 5.71. The van der Waals surface area contributed by atoms with Crippen LogP contribution in [-0.2, 0) is 0 Å². The van der Waals surface area contributed by atoms with Crippen molar-refractivity contribution in [2.75, 3.05) is 0 Å². The second kappa shape index (κ2) is 4.40. The number of nitriles is 1. The number of nitrogens with zero attached hydrogens (tertiary/aromatic N) is 1. The standard InChI is InChI=1S/C11H10BrFN2O/c12-10-6(5-14)1-2-9(11(10)13)16-8-3-7(15)4-8/h1-2,7-8H,3-4,15H2. The van der Waals surface area contributed by atoms with Crippen LogP contribution >= 0.6 is 15.9 Å². The van der Waals surface area contributed by atoms with Crippen LogP contribution in [0.15, 0.2) is 16.6 Å². The van der Waals surface area contributed by atoms with Crippen LogP contribution in [0.5, 0.6) is 5.75 Å². The van der Waals surface area contributed by atoms with E-state index in [9.17, 15) is 4.39 Å². The van der Waals surface area contributed by atoms with Crippen LogP contribution in [0.3, 0.4) is 0 Å². The molecule has 1 aromatic carbocycles. The first-order valence-electron chi connectivity index (χ1n) is 4.92. The summed E-state index contributed by atoms with van der Waals surface area (Å²) in [4.78, 5) is 0. The van der Waals surface area contributed by atoms with Crippen molar-refractivity contribution in [3.63, 3.8) is 0 Å². The summed E-state index contributed by atoms with van der Waals surface area (Å²) in [6.45, 7) is 0. The number of nitrogens with two attached hydrogens (primary N) is 1. The summed E-state index contributed by atoms with van der Waals surface area (Å²) >= 11 is 3.03. The average Bonchev–Trinajstić information content (AvgIpc) is 2.23. The largest absolute Gasteiger partial charge is 0.487 e. The highest BCUT2D eigenvalue weighted by Crippen LogP contribution is 2.31. The molecule has 2 N–H and O–H groups in total. The summed E-state index contributed by atoms with van der Waals surface area (Å²) in [6.07, 6.45) is 1.48. The van der Waals surface area contributed by atoms with Gasteiger partial charge in [-0.1, -0.05) is 0 Å². The zero-order chi connectivity index (χ0) is 11.7. The van der Waals surface area contributed by atoms with Crippen molar-refractivity contribution in [1.82, 2.24) is 0 Å². The topological polar surface area (TPSA) is 59.0 Å². The van der Waals surface area contributed by atoms with Crippen molar-refractivity contribution >= 4 is 15.9 Å². The molecule has 1 aliphatic rings. The first kappa shape index (κ1) is 11.4. The molecule has 2 rings (SSSR count). The smallest absolute Gasteiger partial charge is 0.180 e. The number of halogens is 2. The van der Waals surface area contributed by atoms with Gasteiger partial charge in [0, 0.05) is 6.04 Å². The normalized spacial score (nSPS) is 23.4. The fourth-order valence-corrected chi connectivity index (χ4v) is 2.01. The predicted octanol–water partition coefficient (Wildman–Crippen LogP) is 2.33. The average molecular weight is 285 g/mol. The van der Waals surface area contributed by atoms with E-state index in [1.165, 1.54) is 12.1 Å². The third kappa shape index (κ3) is 2.04. The molecule has 0 atom stereocenters. The fraction of sp³-hybridized carbons (Fsp3) is 0.364. The number of hydrogen-bond donors (Lipinski definition) is 1. The van der Waals surface area contributed by atoms with Crippen molar-refractivity contribution in [3.8, 4) is 11.8 Å². The van der Waals surface area contributed by atoms with Crippen LogP contribution in [0.4, 0.5) is 4.39 Å². The van der Waals surface area contributed by atoms with Gasteiger partial charge in [0.05, 0.1) is 10.0 Å². The molecular formula is C11H10BrFN2O. The zero-order valence-corrected chi connectivity index (χ0v) is 10.00. The van der Waals surface area contributed by atoms with Gasteiger partial charge in [0.2, 0.25) is 0 Å². The Kier molecular flexibility index (Phi) is 3.13. The fourth-order valence-electron chi connectivity index (χ4n) is 1.59. The minimum atomic E-state index is -0.528. The van der Waals surface area contributed by atoms with Gasteiger partial charge in [0.25, 0.3) is 0 Å². The third-order valence-corrected chi connectivity index (χ3v) is 3.37. The lowest BCUT2D eigenvalue weighted by atomic mass is 9.90. The van der Waals surface area contributed by atoms with Gasteiger partial charge in [-0.2, -0.15) is 5.26 Å². The summed E-state index contributed by atoms with van der Waals surface area (Å²) in [7, 11) is 0. The van der Waals surface area contributed by atoms with Crippen LogP contribution in [-0.4, -0.2) is 12.1 Å². The van der Waals surface area contributed by atoms with E-state index < -0.39 is 5.82 Å². The lowest BCUT2D eigenvalue weighted by molar-refractivity contribution is 0.0961. The number of hydrogen-bond acceptors (Lipinski definition) is 3. The van der Waals surface area contributed by atoms with Gasteiger partial charge in [0.1, 0.15) is 12.2 Å². The molecule has 1 aliphatic carbocycles. The highest BCUT2D eigenvalue weighted by molar-refractivity contribution is 9.10. The zero-order valence-electron chi connectivity index (χ0n) is 8.41. The Morgan fingerprint density at radius 1 is 1.50 bits per heavy atom.